The predicted octanol–water partition coefficient (Wildman–Crippen LogP) is 0.102. The van der Waals surface area contributed by atoms with Crippen LogP contribution < -0.4 is 5.73 Å². The Morgan fingerprint density at radius 3 is 2.00 bits per heavy atom. The molecule has 0 aliphatic heterocycles. The van der Waals surface area contributed by atoms with E-state index in [9.17, 15) is 9.59 Å². The van der Waals surface area contributed by atoms with E-state index in [1.807, 2.05) is 0 Å². The summed E-state index contributed by atoms with van der Waals surface area (Å²) in [6.07, 6.45) is 0.00852. The third-order valence-corrected chi connectivity index (χ3v) is 0.827. The number of carbonyl (C=O) groups excluding carboxylic acids is 2. The molecule has 0 aromatic heterocycles. The Balaban J connectivity index is 0. The Morgan fingerprint density at radius 1 is 1.57 bits per heavy atom. The molecule has 5 heteroatoms. The standard InChI is InChI=1S/C6H10O3.C3H5NO/c1-4(2)6(8)9-5(3)7;1-2-3(4)5/h5,7H,1H2,2-3H3;2H,1H2,(H2,4,5). The summed E-state index contributed by atoms with van der Waals surface area (Å²) < 4.78 is 4.33. The normalized spacial score (nSPS) is 10.2. The third-order valence-electron chi connectivity index (χ3n) is 0.827. The van der Waals surface area contributed by atoms with E-state index < -0.39 is 18.2 Å². The highest BCUT2D eigenvalue weighted by Crippen LogP contribution is 1.94. The first-order valence-electron chi connectivity index (χ1n) is 3.77. The van der Waals surface area contributed by atoms with Gasteiger partial charge in [-0.3, -0.25) is 4.79 Å². The van der Waals surface area contributed by atoms with Gasteiger partial charge in [0.1, 0.15) is 0 Å². The zero-order valence-electron chi connectivity index (χ0n) is 8.32. The first-order chi connectivity index (χ1) is 6.31. The molecule has 0 aliphatic rings. The second-order valence-electron chi connectivity index (χ2n) is 2.39. The van der Waals surface area contributed by atoms with E-state index in [1.54, 1.807) is 0 Å². The van der Waals surface area contributed by atoms with E-state index in [0.29, 0.717) is 0 Å². The number of aliphatic hydroxyl groups is 1. The number of nitrogens with two attached hydrogens (primary N) is 1. The lowest BCUT2D eigenvalue weighted by Gasteiger charge is -2.04. The Labute approximate surface area is 82.9 Å². The largest absolute Gasteiger partial charge is 0.433 e. The Kier molecular flexibility index (Phi) is 8.50. The first-order valence-corrected chi connectivity index (χ1v) is 3.77. The quantitative estimate of drug-likeness (QED) is 0.385. The monoisotopic (exact) mass is 201 g/mol. The zero-order valence-corrected chi connectivity index (χ0v) is 8.32. The molecular formula is C9H15NO4. The van der Waals surface area contributed by atoms with Crippen LogP contribution >= 0.6 is 0 Å². The Hall–Kier alpha value is -1.62. The van der Waals surface area contributed by atoms with Gasteiger partial charge < -0.3 is 15.6 Å². The van der Waals surface area contributed by atoms with Crippen LogP contribution in [0.4, 0.5) is 0 Å². The van der Waals surface area contributed by atoms with Crippen LogP contribution in [0.15, 0.2) is 24.8 Å². The molecule has 0 saturated carbocycles. The summed E-state index contributed by atoms with van der Waals surface area (Å²) in [6, 6.07) is 0. The summed E-state index contributed by atoms with van der Waals surface area (Å²) in [7, 11) is 0. The number of hydrogen-bond acceptors (Lipinski definition) is 4. The van der Waals surface area contributed by atoms with Crippen molar-refractivity contribution in [3.8, 4) is 0 Å². The number of ether oxygens (including phenoxy) is 1. The summed E-state index contributed by atoms with van der Waals surface area (Å²) >= 11 is 0. The molecule has 1 atom stereocenters. The molecule has 0 aromatic rings. The van der Waals surface area contributed by atoms with Crippen molar-refractivity contribution in [2.45, 2.75) is 20.1 Å². The maximum atomic E-state index is 10.5. The number of amides is 1. The summed E-state index contributed by atoms with van der Waals surface area (Å²) in [5, 5.41) is 8.49. The number of rotatable bonds is 3. The lowest BCUT2D eigenvalue weighted by atomic mass is 10.4. The van der Waals surface area contributed by atoms with Crippen LogP contribution in [-0.4, -0.2) is 23.3 Å². The molecule has 1 amide bonds. The molecule has 0 radical (unpaired) electrons. The molecular weight excluding hydrogens is 186 g/mol. The topological polar surface area (TPSA) is 89.6 Å². The van der Waals surface area contributed by atoms with Crippen molar-refractivity contribution in [2.24, 2.45) is 5.73 Å². The molecule has 0 heterocycles. The van der Waals surface area contributed by atoms with Crippen molar-refractivity contribution < 1.29 is 19.4 Å². The fourth-order valence-corrected chi connectivity index (χ4v) is 0.255. The molecule has 0 spiro atoms. The van der Waals surface area contributed by atoms with E-state index in [0.717, 1.165) is 6.08 Å². The van der Waals surface area contributed by atoms with Gasteiger partial charge >= 0.3 is 5.97 Å². The van der Waals surface area contributed by atoms with E-state index in [4.69, 9.17) is 5.11 Å². The van der Waals surface area contributed by atoms with Crippen molar-refractivity contribution in [2.75, 3.05) is 0 Å². The van der Waals surface area contributed by atoms with Crippen LogP contribution in [0.5, 0.6) is 0 Å². The average molecular weight is 201 g/mol. The molecule has 80 valence electrons. The van der Waals surface area contributed by atoms with Gasteiger partial charge in [-0.05, 0) is 19.9 Å². The molecule has 0 bridgehead atoms. The van der Waals surface area contributed by atoms with Gasteiger partial charge in [-0.1, -0.05) is 13.2 Å². The molecule has 0 aromatic carbocycles. The van der Waals surface area contributed by atoms with Gasteiger partial charge in [-0.25, -0.2) is 4.79 Å². The summed E-state index contributed by atoms with van der Waals surface area (Å²) in [4.78, 5) is 19.9. The molecule has 5 nitrogen and oxygen atoms in total. The highest BCUT2D eigenvalue weighted by Gasteiger charge is 2.04. The third kappa shape index (κ3) is 13.0. The van der Waals surface area contributed by atoms with Crippen LogP contribution in [0.1, 0.15) is 13.8 Å². The fourth-order valence-electron chi connectivity index (χ4n) is 0.255. The number of esters is 1. The smallest absolute Gasteiger partial charge is 0.335 e. The molecule has 0 rings (SSSR count). The van der Waals surface area contributed by atoms with Crippen molar-refractivity contribution in [1.82, 2.24) is 0 Å². The maximum Gasteiger partial charge on any atom is 0.335 e. The SMILES string of the molecule is C=C(C)C(=O)OC(C)O.C=CC(N)=O. The number of carbonyl (C=O) groups is 2. The van der Waals surface area contributed by atoms with Crippen LogP contribution in [0.25, 0.3) is 0 Å². The van der Waals surface area contributed by atoms with Gasteiger partial charge in [0, 0.05) is 5.57 Å². The lowest BCUT2D eigenvalue weighted by molar-refractivity contribution is -0.159. The molecule has 0 saturated heterocycles. The van der Waals surface area contributed by atoms with Gasteiger partial charge in [0.15, 0.2) is 6.29 Å². The van der Waals surface area contributed by atoms with Crippen LogP contribution in [0.2, 0.25) is 0 Å². The van der Waals surface area contributed by atoms with Gasteiger partial charge in [0.05, 0.1) is 0 Å². The van der Waals surface area contributed by atoms with Crippen molar-refractivity contribution in [3.05, 3.63) is 24.8 Å². The van der Waals surface area contributed by atoms with Crippen molar-refractivity contribution in [1.29, 1.82) is 0 Å². The fraction of sp³-hybridized carbons (Fsp3) is 0.333. The molecule has 0 fully saturated rings. The minimum Gasteiger partial charge on any atom is -0.433 e. The summed E-state index contributed by atoms with van der Waals surface area (Å²) in [6.45, 7) is 9.29. The van der Waals surface area contributed by atoms with E-state index in [-0.39, 0.29) is 5.57 Å². The molecule has 3 N–H and O–H groups in total. The van der Waals surface area contributed by atoms with Gasteiger partial charge in [-0.2, -0.15) is 0 Å². The first kappa shape index (κ1) is 14.9. The number of aliphatic hydroxyl groups excluding tert-OH is 1. The Morgan fingerprint density at radius 2 is 1.93 bits per heavy atom. The van der Waals surface area contributed by atoms with Crippen molar-refractivity contribution >= 4 is 11.9 Å². The lowest BCUT2D eigenvalue weighted by Crippen LogP contribution is -2.13. The highest BCUT2D eigenvalue weighted by atomic mass is 16.6. The van der Waals surface area contributed by atoms with Gasteiger partial charge in [0.2, 0.25) is 5.91 Å². The average Bonchev–Trinajstić information content (AvgIpc) is 2.04. The van der Waals surface area contributed by atoms with Crippen LogP contribution in [0, 0.1) is 0 Å². The van der Waals surface area contributed by atoms with Crippen LogP contribution in [-0.2, 0) is 14.3 Å². The van der Waals surface area contributed by atoms with E-state index in [2.05, 4.69) is 23.6 Å². The highest BCUT2D eigenvalue weighted by molar-refractivity contribution is 5.87. The molecule has 0 aliphatic carbocycles. The number of hydrogen-bond donors (Lipinski definition) is 2. The minimum atomic E-state index is -1.05. The van der Waals surface area contributed by atoms with E-state index in [1.165, 1.54) is 13.8 Å². The van der Waals surface area contributed by atoms with Gasteiger partial charge in [0.25, 0.3) is 0 Å². The summed E-state index contributed by atoms with van der Waals surface area (Å²) in [5.41, 5.74) is 4.82. The summed E-state index contributed by atoms with van der Waals surface area (Å²) in [5.74, 6) is -1.05. The van der Waals surface area contributed by atoms with Gasteiger partial charge in [-0.15, -0.1) is 0 Å². The maximum absolute atomic E-state index is 10.5. The number of primary amides is 1. The molecule has 1 unspecified atom stereocenters. The van der Waals surface area contributed by atoms with E-state index >= 15 is 0 Å². The Bertz CT molecular complexity index is 233. The van der Waals surface area contributed by atoms with Crippen LogP contribution in [0.3, 0.4) is 0 Å². The minimum absolute atomic E-state index is 0.288. The second kappa shape index (κ2) is 8.00. The zero-order chi connectivity index (χ0) is 11.7. The second-order valence-corrected chi connectivity index (χ2v) is 2.39. The predicted molar refractivity (Wildman–Crippen MR) is 52.0 cm³/mol. The molecule has 14 heavy (non-hydrogen) atoms. The van der Waals surface area contributed by atoms with Crippen molar-refractivity contribution in [3.63, 3.8) is 0 Å².